The Morgan fingerprint density at radius 1 is 1.22 bits per heavy atom. The molecular weight excluding hydrogens is 292 g/mol. The topological polar surface area (TPSA) is 69.0 Å². The molecule has 0 amide bonds. The lowest BCUT2D eigenvalue weighted by Crippen LogP contribution is -2.08. The molecule has 1 aromatic carbocycles. The summed E-state index contributed by atoms with van der Waals surface area (Å²) in [6.07, 6.45) is 6.89. The number of hydrogen-bond donors (Lipinski definition) is 1. The molecule has 0 radical (unpaired) electrons. The maximum atomic E-state index is 11.7. The first-order chi connectivity index (χ1) is 11.3. The van der Waals surface area contributed by atoms with E-state index in [-0.39, 0.29) is 0 Å². The molecule has 0 saturated heterocycles. The summed E-state index contributed by atoms with van der Waals surface area (Å²) in [5.74, 6) is -0.394. The molecule has 3 rings (SSSR count). The van der Waals surface area contributed by atoms with Crippen LogP contribution >= 0.6 is 0 Å². The first-order valence-corrected chi connectivity index (χ1v) is 7.13. The van der Waals surface area contributed by atoms with E-state index >= 15 is 0 Å². The van der Waals surface area contributed by atoms with Crippen molar-refractivity contribution in [2.24, 2.45) is 0 Å². The minimum Gasteiger partial charge on any atom is -0.465 e. The molecule has 2 heterocycles. The highest BCUT2D eigenvalue weighted by atomic mass is 16.5. The number of ether oxygens (including phenoxy) is 1. The standard InChI is InChI=1S/C17H16N4O2/c1-23-17(22)15-7-8-18-11-16(15)19-9-13-10-20-21(12-13)14-5-3-2-4-6-14/h2-8,10-12,19H,9H2,1H3. The second kappa shape index (κ2) is 6.74. The fourth-order valence-electron chi connectivity index (χ4n) is 2.19. The maximum absolute atomic E-state index is 11.7. The zero-order valence-electron chi connectivity index (χ0n) is 12.6. The molecule has 0 atom stereocenters. The Balaban J connectivity index is 1.73. The van der Waals surface area contributed by atoms with Crippen LogP contribution in [-0.4, -0.2) is 27.8 Å². The average molecular weight is 308 g/mol. The van der Waals surface area contributed by atoms with Crippen LogP contribution in [0.5, 0.6) is 0 Å². The van der Waals surface area contributed by atoms with Gasteiger partial charge >= 0.3 is 5.97 Å². The summed E-state index contributed by atoms with van der Waals surface area (Å²) < 4.78 is 6.57. The van der Waals surface area contributed by atoms with E-state index in [0.29, 0.717) is 17.8 Å². The van der Waals surface area contributed by atoms with Crippen LogP contribution in [0.3, 0.4) is 0 Å². The average Bonchev–Trinajstić information content (AvgIpc) is 3.09. The van der Waals surface area contributed by atoms with Gasteiger partial charge in [0.25, 0.3) is 0 Å². The van der Waals surface area contributed by atoms with Gasteiger partial charge in [-0.1, -0.05) is 18.2 Å². The molecule has 0 aliphatic heterocycles. The summed E-state index contributed by atoms with van der Waals surface area (Å²) >= 11 is 0. The summed E-state index contributed by atoms with van der Waals surface area (Å²) in [4.78, 5) is 15.8. The van der Waals surface area contributed by atoms with Crippen LogP contribution in [0, 0.1) is 0 Å². The lowest BCUT2D eigenvalue weighted by Gasteiger charge is -2.08. The van der Waals surface area contributed by atoms with Gasteiger partial charge in [-0.25, -0.2) is 9.48 Å². The molecule has 0 bridgehead atoms. The first-order valence-electron chi connectivity index (χ1n) is 7.13. The highest BCUT2D eigenvalue weighted by Gasteiger charge is 2.11. The molecule has 116 valence electrons. The summed E-state index contributed by atoms with van der Waals surface area (Å²) in [6.45, 7) is 0.530. The van der Waals surface area contributed by atoms with Crippen molar-refractivity contribution in [2.45, 2.75) is 6.54 Å². The number of anilines is 1. The minimum atomic E-state index is -0.394. The van der Waals surface area contributed by atoms with Crippen molar-refractivity contribution in [3.63, 3.8) is 0 Å². The zero-order chi connectivity index (χ0) is 16.1. The van der Waals surface area contributed by atoms with Crippen LogP contribution in [-0.2, 0) is 11.3 Å². The Hall–Kier alpha value is -3.15. The molecule has 1 N–H and O–H groups in total. The number of carbonyl (C=O) groups is 1. The Labute approximate surface area is 133 Å². The van der Waals surface area contributed by atoms with E-state index in [1.165, 1.54) is 7.11 Å². The Bertz CT molecular complexity index is 799. The van der Waals surface area contributed by atoms with E-state index in [1.54, 1.807) is 24.7 Å². The predicted octanol–water partition coefficient (Wildman–Crippen LogP) is 2.67. The summed E-state index contributed by atoms with van der Waals surface area (Å²) in [5.41, 5.74) is 3.08. The molecule has 3 aromatic rings. The monoisotopic (exact) mass is 308 g/mol. The van der Waals surface area contributed by atoms with Gasteiger partial charge < -0.3 is 10.1 Å². The smallest absolute Gasteiger partial charge is 0.340 e. The van der Waals surface area contributed by atoms with Gasteiger partial charge in [-0.15, -0.1) is 0 Å². The zero-order valence-corrected chi connectivity index (χ0v) is 12.6. The number of carbonyl (C=O) groups excluding carboxylic acids is 1. The number of nitrogens with one attached hydrogen (secondary N) is 1. The quantitative estimate of drug-likeness (QED) is 0.734. The number of rotatable bonds is 5. The van der Waals surface area contributed by atoms with Crippen LogP contribution in [0.4, 0.5) is 5.69 Å². The molecule has 23 heavy (non-hydrogen) atoms. The second-order valence-electron chi connectivity index (χ2n) is 4.90. The van der Waals surface area contributed by atoms with Gasteiger partial charge in [-0.2, -0.15) is 5.10 Å². The van der Waals surface area contributed by atoms with Gasteiger partial charge in [0.2, 0.25) is 0 Å². The van der Waals surface area contributed by atoms with Crippen LogP contribution in [0.25, 0.3) is 5.69 Å². The van der Waals surface area contributed by atoms with E-state index in [1.807, 2.05) is 41.2 Å². The van der Waals surface area contributed by atoms with E-state index in [0.717, 1.165) is 11.3 Å². The van der Waals surface area contributed by atoms with Crippen molar-refractivity contribution >= 4 is 11.7 Å². The largest absolute Gasteiger partial charge is 0.465 e. The van der Waals surface area contributed by atoms with Gasteiger partial charge in [-0.3, -0.25) is 4.98 Å². The third-order valence-electron chi connectivity index (χ3n) is 3.37. The molecular formula is C17H16N4O2. The van der Waals surface area contributed by atoms with Gasteiger partial charge in [-0.05, 0) is 18.2 Å². The fourth-order valence-corrected chi connectivity index (χ4v) is 2.19. The van der Waals surface area contributed by atoms with Crippen LogP contribution in [0.15, 0.2) is 61.2 Å². The van der Waals surface area contributed by atoms with Crippen molar-refractivity contribution < 1.29 is 9.53 Å². The molecule has 0 unspecified atom stereocenters. The molecule has 2 aromatic heterocycles. The number of para-hydroxylation sites is 1. The van der Waals surface area contributed by atoms with Gasteiger partial charge in [0.1, 0.15) is 0 Å². The normalized spacial score (nSPS) is 10.3. The number of hydrogen-bond acceptors (Lipinski definition) is 5. The van der Waals surface area contributed by atoms with E-state index in [2.05, 4.69) is 15.4 Å². The van der Waals surface area contributed by atoms with Gasteiger partial charge in [0.15, 0.2) is 0 Å². The SMILES string of the molecule is COC(=O)c1ccncc1NCc1cnn(-c2ccccc2)c1. The number of esters is 1. The number of methoxy groups -OCH3 is 1. The van der Waals surface area contributed by atoms with E-state index in [9.17, 15) is 4.79 Å². The van der Waals surface area contributed by atoms with Crippen molar-refractivity contribution in [1.29, 1.82) is 0 Å². The summed E-state index contributed by atoms with van der Waals surface area (Å²) in [7, 11) is 1.36. The summed E-state index contributed by atoms with van der Waals surface area (Å²) in [5, 5.41) is 7.53. The van der Waals surface area contributed by atoms with Crippen LogP contribution < -0.4 is 5.32 Å². The van der Waals surface area contributed by atoms with Crippen LogP contribution in [0.1, 0.15) is 15.9 Å². The number of nitrogens with zero attached hydrogens (tertiary/aromatic N) is 3. The number of pyridine rings is 1. The highest BCUT2D eigenvalue weighted by Crippen LogP contribution is 2.16. The summed E-state index contributed by atoms with van der Waals surface area (Å²) in [6, 6.07) is 11.5. The van der Waals surface area contributed by atoms with Crippen molar-refractivity contribution in [2.75, 3.05) is 12.4 Å². The highest BCUT2D eigenvalue weighted by molar-refractivity contribution is 5.95. The Morgan fingerprint density at radius 2 is 2.04 bits per heavy atom. The molecule has 6 nitrogen and oxygen atoms in total. The van der Waals surface area contributed by atoms with Gasteiger partial charge in [0.05, 0.1) is 36.4 Å². The minimum absolute atomic E-state index is 0.394. The Kier molecular flexibility index (Phi) is 4.33. The maximum Gasteiger partial charge on any atom is 0.340 e. The molecule has 0 saturated carbocycles. The lowest BCUT2D eigenvalue weighted by atomic mass is 10.2. The van der Waals surface area contributed by atoms with Crippen LogP contribution in [0.2, 0.25) is 0 Å². The third-order valence-corrected chi connectivity index (χ3v) is 3.37. The predicted molar refractivity (Wildman–Crippen MR) is 86.5 cm³/mol. The van der Waals surface area contributed by atoms with Crippen molar-refractivity contribution in [3.8, 4) is 5.69 Å². The molecule has 0 aliphatic carbocycles. The molecule has 0 spiro atoms. The van der Waals surface area contributed by atoms with Crippen molar-refractivity contribution in [3.05, 3.63) is 72.3 Å². The second-order valence-corrected chi connectivity index (χ2v) is 4.90. The van der Waals surface area contributed by atoms with Gasteiger partial charge in [0, 0.05) is 24.5 Å². The fraction of sp³-hybridized carbons (Fsp3) is 0.118. The molecule has 0 aliphatic rings. The van der Waals surface area contributed by atoms with E-state index in [4.69, 9.17) is 4.74 Å². The Morgan fingerprint density at radius 3 is 2.83 bits per heavy atom. The lowest BCUT2D eigenvalue weighted by molar-refractivity contribution is 0.0601. The molecule has 0 fully saturated rings. The first kappa shape index (κ1) is 14.8. The number of benzene rings is 1. The van der Waals surface area contributed by atoms with E-state index < -0.39 is 5.97 Å². The van der Waals surface area contributed by atoms with Crippen molar-refractivity contribution in [1.82, 2.24) is 14.8 Å². The third kappa shape index (κ3) is 3.37. The molecule has 6 heteroatoms. The number of aromatic nitrogens is 3.